The van der Waals surface area contributed by atoms with E-state index in [1.807, 2.05) is 0 Å². The van der Waals surface area contributed by atoms with Gasteiger partial charge in [0.15, 0.2) is 0 Å². The fraction of sp³-hybridized carbons (Fsp3) is 0.857. The van der Waals surface area contributed by atoms with E-state index < -0.39 is 0 Å². The fourth-order valence-electron chi connectivity index (χ4n) is 1.41. The Hall–Kier alpha value is 0.0600. The van der Waals surface area contributed by atoms with Gasteiger partial charge in [0, 0.05) is 6.54 Å². The van der Waals surface area contributed by atoms with Gasteiger partial charge in [0.25, 0.3) is 0 Å². The van der Waals surface area contributed by atoms with Crippen LogP contribution in [0.5, 0.6) is 0 Å². The van der Waals surface area contributed by atoms with Crippen LogP contribution in [0.2, 0.25) is 0 Å². The number of hydrogen-bond acceptors (Lipinski definition) is 2. The van der Waals surface area contributed by atoms with Crippen molar-refractivity contribution in [3.8, 4) is 0 Å². The molecule has 0 spiro atoms. The molecule has 58 valence electrons. The molecule has 1 aliphatic rings. The molecule has 0 bridgehead atoms. The summed E-state index contributed by atoms with van der Waals surface area (Å²) in [6.07, 6.45) is 3.36. The van der Waals surface area contributed by atoms with Gasteiger partial charge in [-0.3, -0.25) is 4.67 Å². The fourth-order valence-corrected chi connectivity index (χ4v) is 2.72. The average Bonchev–Trinajstić information content (AvgIpc) is 2.33. The molecule has 2 nitrogen and oxygen atoms in total. The summed E-state index contributed by atoms with van der Waals surface area (Å²) in [6, 6.07) is 0.237. The molecule has 0 saturated carbocycles. The Kier molecular flexibility index (Phi) is 2.82. The van der Waals surface area contributed by atoms with Gasteiger partial charge in [-0.05, 0) is 34.2 Å². The molecule has 1 heterocycles. The van der Waals surface area contributed by atoms with Gasteiger partial charge in [0.1, 0.15) is 6.29 Å². The van der Waals surface area contributed by atoms with Crippen molar-refractivity contribution in [1.29, 1.82) is 0 Å². The van der Waals surface area contributed by atoms with Crippen LogP contribution in [0.4, 0.5) is 0 Å². The summed E-state index contributed by atoms with van der Waals surface area (Å²) in [5.74, 6) is 0. The van der Waals surface area contributed by atoms with E-state index in [9.17, 15) is 4.79 Å². The van der Waals surface area contributed by atoms with Crippen molar-refractivity contribution in [3.63, 3.8) is 0 Å². The predicted octanol–water partition coefficient (Wildman–Crippen LogP) is 1.31. The Balaban J connectivity index is 2.49. The minimum absolute atomic E-state index is 0.0447. The molecule has 3 heteroatoms. The summed E-state index contributed by atoms with van der Waals surface area (Å²) in [4.78, 5) is 10.5. The quantitative estimate of drug-likeness (QED) is 0.447. The summed E-state index contributed by atoms with van der Waals surface area (Å²) >= 11 is 0. The molecule has 1 saturated heterocycles. The number of carbonyl (C=O) groups is 1. The number of carbonyl (C=O) groups excluding carboxylic acids is 1. The van der Waals surface area contributed by atoms with Crippen molar-refractivity contribution >= 4 is 14.4 Å². The Morgan fingerprint density at radius 3 is 2.70 bits per heavy atom. The van der Waals surface area contributed by atoms with Gasteiger partial charge in [-0.15, -0.1) is 0 Å². The van der Waals surface area contributed by atoms with Crippen molar-refractivity contribution in [3.05, 3.63) is 0 Å². The zero-order valence-electron chi connectivity index (χ0n) is 6.58. The van der Waals surface area contributed by atoms with Crippen LogP contribution in [-0.2, 0) is 4.79 Å². The van der Waals surface area contributed by atoms with E-state index in [0.717, 1.165) is 19.3 Å². The van der Waals surface area contributed by atoms with E-state index in [4.69, 9.17) is 0 Å². The van der Waals surface area contributed by atoms with E-state index >= 15 is 0 Å². The SMILES string of the molecule is CP(C)N1CCC[C@H]1C=O. The second-order valence-corrected chi connectivity index (χ2v) is 5.06. The lowest BCUT2D eigenvalue weighted by atomic mass is 10.2. The van der Waals surface area contributed by atoms with Crippen LogP contribution in [0, 0.1) is 0 Å². The number of nitrogens with zero attached hydrogens (tertiary/aromatic N) is 1. The van der Waals surface area contributed by atoms with E-state index in [1.165, 1.54) is 6.42 Å². The maximum atomic E-state index is 10.5. The second kappa shape index (κ2) is 3.45. The Labute approximate surface area is 63.4 Å². The Morgan fingerprint density at radius 1 is 1.60 bits per heavy atom. The molecule has 0 aliphatic carbocycles. The summed E-state index contributed by atoms with van der Waals surface area (Å²) in [5, 5.41) is 0. The Morgan fingerprint density at radius 2 is 2.30 bits per heavy atom. The van der Waals surface area contributed by atoms with Crippen molar-refractivity contribution in [2.45, 2.75) is 18.9 Å². The molecule has 0 aromatic carbocycles. The van der Waals surface area contributed by atoms with Gasteiger partial charge in [-0.1, -0.05) is 0 Å². The lowest BCUT2D eigenvalue weighted by Gasteiger charge is -2.23. The molecule has 0 N–H and O–H groups in total. The molecular formula is C7H14NOP. The third-order valence-corrected chi connectivity index (χ3v) is 3.46. The first-order valence-electron chi connectivity index (χ1n) is 3.65. The van der Waals surface area contributed by atoms with Gasteiger partial charge in [0.05, 0.1) is 6.04 Å². The normalized spacial score (nSPS) is 27.7. The first kappa shape index (κ1) is 8.16. The van der Waals surface area contributed by atoms with Crippen LogP contribution in [0.3, 0.4) is 0 Å². The predicted molar refractivity (Wildman–Crippen MR) is 44.6 cm³/mol. The largest absolute Gasteiger partial charge is 0.302 e. The summed E-state index contributed by atoms with van der Waals surface area (Å²) in [7, 11) is -0.0447. The highest BCUT2D eigenvalue weighted by molar-refractivity contribution is 7.53. The van der Waals surface area contributed by atoms with E-state index in [0.29, 0.717) is 0 Å². The van der Waals surface area contributed by atoms with E-state index in [1.54, 1.807) is 0 Å². The van der Waals surface area contributed by atoms with Crippen LogP contribution in [0.1, 0.15) is 12.8 Å². The standard InChI is InChI=1S/C7H14NOP/c1-10(2)8-5-3-4-7(8)6-9/h6-7H,3-5H2,1-2H3/t7-/m0/s1. The van der Waals surface area contributed by atoms with Gasteiger partial charge in [0.2, 0.25) is 0 Å². The lowest BCUT2D eigenvalue weighted by molar-refractivity contribution is -0.110. The Bertz CT molecular complexity index is 127. The number of rotatable bonds is 2. The summed E-state index contributed by atoms with van der Waals surface area (Å²) in [6.45, 7) is 5.54. The van der Waals surface area contributed by atoms with Crippen molar-refractivity contribution < 1.29 is 4.79 Å². The number of hydrogen-bond donors (Lipinski definition) is 0. The molecule has 10 heavy (non-hydrogen) atoms. The maximum Gasteiger partial charge on any atom is 0.137 e. The van der Waals surface area contributed by atoms with Crippen LogP contribution in [-0.4, -0.2) is 36.9 Å². The first-order valence-corrected chi connectivity index (χ1v) is 5.83. The molecule has 1 rings (SSSR count). The minimum Gasteiger partial charge on any atom is -0.302 e. The van der Waals surface area contributed by atoms with Crippen LogP contribution < -0.4 is 0 Å². The summed E-state index contributed by atoms with van der Waals surface area (Å²) < 4.78 is 2.32. The first-order chi connectivity index (χ1) is 4.75. The third-order valence-electron chi connectivity index (χ3n) is 1.94. The van der Waals surface area contributed by atoms with Crippen LogP contribution in [0.15, 0.2) is 0 Å². The highest BCUT2D eigenvalue weighted by Crippen LogP contribution is 2.37. The molecule has 0 radical (unpaired) electrons. The topological polar surface area (TPSA) is 20.3 Å². The van der Waals surface area contributed by atoms with Crippen LogP contribution in [0.25, 0.3) is 0 Å². The van der Waals surface area contributed by atoms with Crippen molar-refractivity contribution in [2.24, 2.45) is 0 Å². The molecule has 0 unspecified atom stereocenters. The molecule has 1 aliphatic heterocycles. The number of aldehydes is 1. The lowest BCUT2D eigenvalue weighted by Crippen LogP contribution is -2.24. The van der Waals surface area contributed by atoms with Gasteiger partial charge >= 0.3 is 0 Å². The highest BCUT2D eigenvalue weighted by atomic mass is 31.1. The molecule has 0 amide bonds. The van der Waals surface area contributed by atoms with Crippen molar-refractivity contribution in [2.75, 3.05) is 19.9 Å². The average molecular weight is 159 g/mol. The van der Waals surface area contributed by atoms with Gasteiger partial charge in [-0.25, -0.2) is 0 Å². The highest BCUT2D eigenvalue weighted by Gasteiger charge is 2.25. The molecule has 0 aromatic rings. The van der Waals surface area contributed by atoms with Crippen molar-refractivity contribution in [1.82, 2.24) is 4.67 Å². The smallest absolute Gasteiger partial charge is 0.137 e. The zero-order valence-corrected chi connectivity index (χ0v) is 7.47. The molecule has 1 fully saturated rings. The molecule has 1 atom stereocenters. The molecular weight excluding hydrogens is 145 g/mol. The third kappa shape index (κ3) is 1.56. The minimum atomic E-state index is -0.0447. The second-order valence-electron chi connectivity index (χ2n) is 2.86. The maximum absolute atomic E-state index is 10.5. The van der Waals surface area contributed by atoms with Crippen LogP contribution >= 0.6 is 8.07 Å². The van der Waals surface area contributed by atoms with E-state index in [-0.39, 0.29) is 14.1 Å². The van der Waals surface area contributed by atoms with E-state index in [2.05, 4.69) is 18.0 Å². The monoisotopic (exact) mass is 159 g/mol. The zero-order chi connectivity index (χ0) is 7.56. The van der Waals surface area contributed by atoms with Gasteiger partial charge in [-0.2, -0.15) is 0 Å². The summed E-state index contributed by atoms with van der Waals surface area (Å²) in [5.41, 5.74) is 0. The van der Waals surface area contributed by atoms with Gasteiger partial charge < -0.3 is 4.79 Å². The molecule has 0 aromatic heterocycles.